The first-order valence-corrected chi connectivity index (χ1v) is 7.36. The molecular weight excluding hydrogens is 288 g/mol. The zero-order valence-corrected chi connectivity index (χ0v) is 12.8. The third kappa shape index (κ3) is 2.33. The number of benzene rings is 1. The lowest BCUT2D eigenvalue weighted by Gasteiger charge is -2.17. The molecule has 1 aliphatic heterocycles. The molecule has 1 aliphatic carbocycles. The molecule has 21 heavy (non-hydrogen) atoms. The predicted molar refractivity (Wildman–Crippen MR) is 83.4 cm³/mol. The number of amides is 2. The third-order valence-corrected chi connectivity index (χ3v) is 4.50. The molecule has 0 unspecified atom stereocenters. The van der Waals surface area contributed by atoms with Crippen molar-refractivity contribution in [2.45, 2.75) is 12.8 Å². The number of anilines is 2. The molecule has 3 rings (SSSR count). The average molecular weight is 305 g/mol. The Morgan fingerprint density at radius 2 is 1.71 bits per heavy atom. The maximum Gasteiger partial charge on any atom is 0.238 e. The minimum Gasteiger partial charge on any atom is -0.378 e. The van der Waals surface area contributed by atoms with Gasteiger partial charge in [-0.2, -0.15) is 0 Å². The second-order valence-corrected chi connectivity index (χ2v) is 6.21. The van der Waals surface area contributed by atoms with Crippen LogP contribution in [0.1, 0.15) is 12.8 Å². The number of rotatable bonds is 2. The van der Waals surface area contributed by atoms with Crippen LogP contribution in [0.4, 0.5) is 11.4 Å². The molecule has 0 saturated carbocycles. The van der Waals surface area contributed by atoms with E-state index in [1.54, 1.807) is 0 Å². The average Bonchev–Trinajstić information content (AvgIpc) is 2.70. The van der Waals surface area contributed by atoms with Gasteiger partial charge in [0.2, 0.25) is 11.8 Å². The number of hydrogen-bond acceptors (Lipinski definition) is 3. The van der Waals surface area contributed by atoms with Gasteiger partial charge >= 0.3 is 0 Å². The van der Waals surface area contributed by atoms with Crippen molar-refractivity contribution in [2.24, 2.45) is 11.8 Å². The molecule has 2 atom stereocenters. The van der Waals surface area contributed by atoms with Gasteiger partial charge in [-0.3, -0.25) is 14.5 Å². The fourth-order valence-corrected chi connectivity index (χ4v) is 3.24. The van der Waals surface area contributed by atoms with Crippen LogP contribution in [0.2, 0.25) is 0 Å². The monoisotopic (exact) mass is 304 g/mol. The molecule has 110 valence electrons. The van der Waals surface area contributed by atoms with Gasteiger partial charge < -0.3 is 4.90 Å². The van der Waals surface area contributed by atoms with Crippen molar-refractivity contribution in [3.63, 3.8) is 0 Å². The molecule has 0 bridgehead atoms. The van der Waals surface area contributed by atoms with E-state index in [1.165, 1.54) is 4.90 Å². The van der Waals surface area contributed by atoms with Crippen molar-refractivity contribution >= 4 is 34.8 Å². The lowest BCUT2D eigenvalue weighted by molar-refractivity contribution is -0.122. The van der Waals surface area contributed by atoms with Crippen LogP contribution in [0.3, 0.4) is 0 Å². The number of hydrogen-bond donors (Lipinski definition) is 0. The first-order valence-electron chi connectivity index (χ1n) is 6.99. The number of fused-ring (bicyclic) bond motifs is 1. The van der Waals surface area contributed by atoms with Crippen LogP contribution >= 0.6 is 11.6 Å². The molecule has 1 heterocycles. The van der Waals surface area contributed by atoms with Crippen molar-refractivity contribution in [2.75, 3.05) is 23.9 Å². The van der Waals surface area contributed by atoms with Crippen molar-refractivity contribution in [3.8, 4) is 0 Å². The summed E-state index contributed by atoms with van der Waals surface area (Å²) in [6.07, 6.45) is 2.88. The number of carbonyl (C=O) groups excluding carboxylic acids is 2. The second-order valence-electron chi connectivity index (χ2n) is 5.73. The van der Waals surface area contributed by atoms with Gasteiger partial charge in [0, 0.05) is 24.8 Å². The quantitative estimate of drug-likeness (QED) is 0.789. The Bertz CT molecular complexity index is 622. The Hall–Kier alpha value is -1.81. The highest BCUT2D eigenvalue weighted by atomic mass is 35.5. The molecule has 2 aliphatic rings. The van der Waals surface area contributed by atoms with Crippen molar-refractivity contribution in [1.29, 1.82) is 0 Å². The van der Waals surface area contributed by atoms with Crippen LogP contribution in [0.25, 0.3) is 0 Å². The minimum atomic E-state index is -0.302. The topological polar surface area (TPSA) is 40.6 Å². The molecule has 1 aromatic carbocycles. The molecule has 2 amide bonds. The number of halogens is 1. The second kappa shape index (κ2) is 5.19. The summed E-state index contributed by atoms with van der Waals surface area (Å²) in [5.74, 6) is -0.797. The zero-order valence-electron chi connectivity index (χ0n) is 12.0. The summed E-state index contributed by atoms with van der Waals surface area (Å²) in [4.78, 5) is 28.3. The molecule has 5 heteroatoms. The summed E-state index contributed by atoms with van der Waals surface area (Å²) < 4.78 is 0. The Morgan fingerprint density at radius 3 is 2.33 bits per heavy atom. The summed E-state index contributed by atoms with van der Waals surface area (Å²) >= 11 is 6.02. The van der Waals surface area contributed by atoms with E-state index in [4.69, 9.17) is 11.6 Å². The largest absolute Gasteiger partial charge is 0.378 e. The highest BCUT2D eigenvalue weighted by molar-refractivity contribution is 6.30. The lowest BCUT2D eigenvalue weighted by atomic mass is 9.85. The van der Waals surface area contributed by atoms with Gasteiger partial charge in [0.1, 0.15) is 0 Å². The van der Waals surface area contributed by atoms with Gasteiger partial charge in [-0.1, -0.05) is 17.7 Å². The van der Waals surface area contributed by atoms with E-state index in [9.17, 15) is 9.59 Å². The normalized spacial score (nSPS) is 24.9. The van der Waals surface area contributed by atoms with Crippen LogP contribution in [0, 0.1) is 11.8 Å². The van der Waals surface area contributed by atoms with Gasteiger partial charge in [0.15, 0.2) is 0 Å². The van der Waals surface area contributed by atoms with Gasteiger partial charge in [-0.15, -0.1) is 0 Å². The van der Waals surface area contributed by atoms with Crippen LogP contribution in [0.5, 0.6) is 0 Å². The molecule has 1 saturated heterocycles. The maximum atomic E-state index is 12.5. The molecule has 4 nitrogen and oxygen atoms in total. The first kappa shape index (κ1) is 14.1. The van der Waals surface area contributed by atoms with Gasteiger partial charge in [-0.25, -0.2) is 0 Å². The number of nitrogens with zero attached hydrogens (tertiary/aromatic N) is 2. The summed E-state index contributed by atoms with van der Waals surface area (Å²) in [6, 6.07) is 7.45. The van der Waals surface area contributed by atoms with Crippen molar-refractivity contribution < 1.29 is 9.59 Å². The number of imide groups is 1. The van der Waals surface area contributed by atoms with Gasteiger partial charge in [0.05, 0.1) is 17.5 Å². The predicted octanol–water partition coefficient (Wildman–Crippen LogP) is 2.77. The van der Waals surface area contributed by atoms with Gasteiger partial charge in [-0.05, 0) is 37.1 Å². The summed E-state index contributed by atoms with van der Waals surface area (Å²) in [5.41, 5.74) is 1.67. The smallest absolute Gasteiger partial charge is 0.238 e. The van der Waals surface area contributed by atoms with E-state index in [-0.39, 0.29) is 23.7 Å². The fourth-order valence-electron chi connectivity index (χ4n) is 2.98. The molecular formula is C16H17ClN2O2. The van der Waals surface area contributed by atoms with E-state index in [0.29, 0.717) is 23.6 Å². The zero-order chi connectivity index (χ0) is 15.1. The summed E-state index contributed by atoms with van der Waals surface area (Å²) in [5, 5.41) is 0.683. The first-order chi connectivity index (χ1) is 9.99. The number of carbonyl (C=O) groups is 2. The highest BCUT2D eigenvalue weighted by Gasteiger charge is 2.48. The van der Waals surface area contributed by atoms with Crippen LogP contribution < -0.4 is 9.80 Å². The van der Waals surface area contributed by atoms with E-state index in [0.717, 1.165) is 5.69 Å². The molecule has 1 aromatic rings. The molecule has 1 fully saturated rings. The van der Waals surface area contributed by atoms with E-state index in [2.05, 4.69) is 0 Å². The molecule has 0 spiro atoms. The van der Waals surface area contributed by atoms with Crippen LogP contribution in [-0.4, -0.2) is 25.9 Å². The van der Waals surface area contributed by atoms with Crippen LogP contribution in [0.15, 0.2) is 35.4 Å². The Morgan fingerprint density at radius 1 is 1.10 bits per heavy atom. The van der Waals surface area contributed by atoms with Crippen molar-refractivity contribution in [1.82, 2.24) is 0 Å². The Balaban J connectivity index is 1.90. The van der Waals surface area contributed by atoms with E-state index in [1.807, 2.05) is 49.3 Å². The Kier molecular flexibility index (Phi) is 3.49. The van der Waals surface area contributed by atoms with E-state index < -0.39 is 0 Å². The number of allylic oxidation sites excluding steroid dienone is 2. The Labute approximate surface area is 129 Å². The molecule has 0 radical (unpaired) electrons. The maximum absolute atomic E-state index is 12.5. The van der Waals surface area contributed by atoms with E-state index >= 15 is 0 Å². The third-order valence-electron chi connectivity index (χ3n) is 4.19. The molecule has 0 N–H and O–H groups in total. The van der Waals surface area contributed by atoms with Gasteiger partial charge in [0.25, 0.3) is 0 Å². The standard InChI is InChI=1S/C16H17ClN2O2/c1-18(2)11-4-6-12(7-5-11)19-15(20)13-8-3-10(17)9-14(13)16(19)21/h3-7,13-14H,8-9H2,1-2H3/t13-,14+/m1/s1. The SMILES string of the molecule is CN(C)c1ccc(N2C(=O)[C@H]3CC(Cl)=CC[C@H]3C2=O)cc1. The lowest BCUT2D eigenvalue weighted by Crippen LogP contribution is -2.30. The summed E-state index contributed by atoms with van der Waals surface area (Å²) in [7, 11) is 3.90. The molecule has 0 aromatic heterocycles. The minimum absolute atomic E-state index is 0.108. The fraction of sp³-hybridized carbons (Fsp3) is 0.375. The van der Waals surface area contributed by atoms with Crippen LogP contribution in [-0.2, 0) is 9.59 Å². The van der Waals surface area contributed by atoms with Crippen molar-refractivity contribution in [3.05, 3.63) is 35.4 Å². The highest BCUT2D eigenvalue weighted by Crippen LogP contribution is 2.40. The summed E-state index contributed by atoms with van der Waals surface area (Å²) in [6.45, 7) is 0.